The van der Waals surface area contributed by atoms with Crippen molar-refractivity contribution in [3.05, 3.63) is 29.8 Å². The summed E-state index contributed by atoms with van der Waals surface area (Å²) >= 11 is 0. The molecule has 0 aromatic heterocycles. The van der Waals surface area contributed by atoms with Gasteiger partial charge in [-0.15, -0.1) is 0 Å². The second kappa shape index (κ2) is 11.2. The van der Waals surface area contributed by atoms with E-state index in [0.29, 0.717) is 24.5 Å². The maximum Gasteiger partial charge on any atom is 0.329 e. The van der Waals surface area contributed by atoms with E-state index in [1.54, 1.807) is 38.1 Å². The number of rotatable bonds is 10. The fourth-order valence-corrected chi connectivity index (χ4v) is 2.28. The minimum absolute atomic E-state index is 0.199. The predicted molar refractivity (Wildman–Crippen MR) is 103 cm³/mol. The van der Waals surface area contributed by atoms with E-state index in [-0.39, 0.29) is 11.8 Å². The molecular weight excluding hydrogens is 348 g/mol. The molecular formula is C20H30N2O5. The lowest BCUT2D eigenvalue weighted by Crippen LogP contribution is -2.47. The third-order valence-corrected chi connectivity index (χ3v) is 3.85. The van der Waals surface area contributed by atoms with Gasteiger partial charge in [-0.05, 0) is 50.5 Å². The molecule has 0 aliphatic heterocycles. The van der Waals surface area contributed by atoms with Gasteiger partial charge < -0.3 is 20.1 Å². The van der Waals surface area contributed by atoms with Crippen molar-refractivity contribution in [2.24, 2.45) is 5.92 Å². The van der Waals surface area contributed by atoms with Crippen LogP contribution in [0.1, 0.15) is 51.4 Å². The van der Waals surface area contributed by atoms with Crippen LogP contribution < -0.4 is 15.4 Å². The minimum Gasteiger partial charge on any atom is -0.494 e. The summed E-state index contributed by atoms with van der Waals surface area (Å²) < 4.78 is 10.6. The molecule has 0 radical (unpaired) electrons. The first-order chi connectivity index (χ1) is 12.8. The van der Waals surface area contributed by atoms with Crippen LogP contribution in [0, 0.1) is 5.92 Å². The van der Waals surface area contributed by atoms with Crippen LogP contribution >= 0.6 is 0 Å². The summed E-state index contributed by atoms with van der Waals surface area (Å²) in [7, 11) is 0. The molecule has 0 saturated carbocycles. The van der Waals surface area contributed by atoms with Crippen molar-refractivity contribution < 1.29 is 23.9 Å². The molecule has 0 heterocycles. The van der Waals surface area contributed by atoms with Gasteiger partial charge in [0.1, 0.15) is 11.8 Å². The SMILES string of the molecule is CCCNC(=O)C(C)OC(=O)[C@@H](NC(=O)c1ccc(OCC)cc1)C(C)C. The summed E-state index contributed by atoms with van der Waals surface area (Å²) in [5.74, 6) is -0.915. The molecule has 1 rings (SSSR count). The second-order valence-corrected chi connectivity index (χ2v) is 6.52. The van der Waals surface area contributed by atoms with E-state index in [1.165, 1.54) is 6.92 Å². The summed E-state index contributed by atoms with van der Waals surface area (Å²) in [4.78, 5) is 36.8. The summed E-state index contributed by atoms with van der Waals surface area (Å²) in [6, 6.07) is 5.79. The zero-order valence-corrected chi connectivity index (χ0v) is 16.7. The Labute approximate surface area is 160 Å². The Kier molecular flexibility index (Phi) is 9.33. The molecule has 2 atom stereocenters. The highest BCUT2D eigenvalue weighted by molar-refractivity contribution is 5.97. The molecule has 0 aliphatic carbocycles. The topological polar surface area (TPSA) is 93.7 Å². The lowest BCUT2D eigenvalue weighted by molar-refractivity contribution is -0.157. The van der Waals surface area contributed by atoms with Gasteiger partial charge in [-0.3, -0.25) is 9.59 Å². The molecule has 0 aliphatic rings. The van der Waals surface area contributed by atoms with Crippen LogP contribution in [0.5, 0.6) is 5.75 Å². The number of ether oxygens (including phenoxy) is 2. The predicted octanol–water partition coefficient (Wildman–Crippen LogP) is 2.30. The molecule has 27 heavy (non-hydrogen) atoms. The van der Waals surface area contributed by atoms with Gasteiger partial charge in [-0.1, -0.05) is 20.8 Å². The third-order valence-electron chi connectivity index (χ3n) is 3.85. The van der Waals surface area contributed by atoms with E-state index in [0.717, 1.165) is 6.42 Å². The minimum atomic E-state index is -0.923. The third kappa shape index (κ3) is 7.29. The Hall–Kier alpha value is -2.57. The molecule has 0 spiro atoms. The summed E-state index contributed by atoms with van der Waals surface area (Å²) in [5, 5.41) is 5.36. The molecule has 1 aromatic rings. The second-order valence-electron chi connectivity index (χ2n) is 6.52. The molecule has 2 N–H and O–H groups in total. The van der Waals surface area contributed by atoms with Gasteiger partial charge in [0.05, 0.1) is 6.61 Å². The lowest BCUT2D eigenvalue weighted by atomic mass is 10.0. The van der Waals surface area contributed by atoms with Crippen molar-refractivity contribution >= 4 is 17.8 Å². The van der Waals surface area contributed by atoms with E-state index in [9.17, 15) is 14.4 Å². The van der Waals surface area contributed by atoms with Crippen molar-refractivity contribution in [1.29, 1.82) is 0 Å². The summed E-state index contributed by atoms with van der Waals surface area (Å²) in [6.45, 7) is 9.97. The number of carbonyl (C=O) groups is 3. The Bertz CT molecular complexity index is 628. The highest BCUT2D eigenvalue weighted by atomic mass is 16.5. The van der Waals surface area contributed by atoms with E-state index >= 15 is 0 Å². The molecule has 7 nitrogen and oxygen atoms in total. The number of amides is 2. The van der Waals surface area contributed by atoms with E-state index in [2.05, 4.69) is 10.6 Å². The molecule has 0 bridgehead atoms. The first-order valence-electron chi connectivity index (χ1n) is 9.32. The van der Waals surface area contributed by atoms with Crippen LogP contribution in [0.15, 0.2) is 24.3 Å². The summed E-state index contributed by atoms with van der Waals surface area (Å²) in [5.41, 5.74) is 0.408. The van der Waals surface area contributed by atoms with Gasteiger partial charge in [-0.2, -0.15) is 0 Å². The molecule has 7 heteroatoms. The Morgan fingerprint density at radius 3 is 2.19 bits per heavy atom. The Balaban J connectivity index is 2.72. The fraction of sp³-hybridized carbons (Fsp3) is 0.550. The van der Waals surface area contributed by atoms with Gasteiger partial charge in [0.15, 0.2) is 6.10 Å². The maximum absolute atomic E-state index is 12.5. The number of carbonyl (C=O) groups excluding carboxylic acids is 3. The standard InChI is InChI=1S/C20H30N2O5/c1-6-12-21-18(23)14(5)27-20(25)17(13(3)4)22-19(24)15-8-10-16(11-9-15)26-7-2/h8-11,13-14,17H,6-7,12H2,1-5H3,(H,21,23)(H,22,24)/t14?,17-/m0/s1. The molecule has 1 unspecified atom stereocenters. The molecule has 0 saturated heterocycles. The number of esters is 1. The first kappa shape index (κ1) is 22.5. The van der Waals surface area contributed by atoms with Crippen LogP contribution in [0.4, 0.5) is 0 Å². The van der Waals surface area contributed by atoms with Gasteiger partial charge in [0.25, 0.3) is 11.8 Å². The number of nitrogens with one attached hydrogen (secondary N) is 2. The normalized spacial score (nSPS) is 12.8. The van der Waals surface area contributed by atoms with Crippen molar-refractivity contribution in [3.8, 4) is 5.75 Å². The van der Waals surface area contributed by atoms with Crippen LogP contribution in [-0.2, 0) is 14.3 Å². The summed E-state index contributed by atoms with van der Waals surface area (Å²) in [6.07, 6.45) is -0.133. The van der Waals surface area contributed by atoms with Crippen molar-refractivity contribution in [1.82, 2.24) is 10.6 Å². The average Bonchev–Trinajstić information content (AvgIpc) is 2.64. The maximum atomic E-state index is 12.5. The number of benzene rings is 1. The van der Waals surface area contributed by atoms with E-state index < -0.39 is 24.0 Å². The van der Waals surface area contributed by atoms with E-state index in [1.807, 2.05) is 13.8 Å². The molecule has 0 fully saturated rings. The van der Waals surface area contributed by atoms with Crippen molar-refractivity contribution in [2.75, 3.05) is 13.2 Å². The quantitative estimate of drug-likeness (QED) is 0.609. The zero-order valence-electron chi connectivity index (χ0n) is 16.7. The number of hydrogen-bond acceptors (Lipinski definition) is 5. The monoisotopic (exact) mass is 378 g/mol. The van der Waals surface area contributed by atoms with E-state index in [4.69, 9.17) is 9.47 Å². The largest absolute Gasteiger partial charge is 0.494 e. The molecule has 2 amide bonds. The molecule has 150 valence electrons. The van der Waals surface area contributed by atoms with Crippen LogP contribution in [0.3, 0.4) is 0 Å². The first-order valence-corrected chi connectivity index (χ1v) is 9.32. The van der Waals surface area contributed by atoms with Gasteiger partial charge >= 0.3 is 5.97 Å². The van der Waals surface area contributed by atoms with Gasteiger partial charge in [0.2, 0.25) is 0 Å². The van der Waals surface area contributed by atoms with Gasteiger partial charge in [-0.25, -0.2) is 4.79 Å². The van der Waals surface area contributed by atoms with Gasteiger partial charge in [0, 0.05) is 12.1 Å². The smallest absolute Gasteiger partial charge is 0.329 e. The van der Waals surface area contributed by atoms with Crippen LogP contribution in [-0.4, -0.2) is 43.1 Å². The highest BCUT2D eigenvalue weighted by Gasteiger charge is 2.29. The number of hydrogen-bond donors (Lipinski definition) is 2. The van der Waals surface area contributed by atoms with Crippen molar-refractivity contribution in [2.45, 2.75) is 53.2 Å². The highest BCUT2D eigenvalue weighted by Crippen LogP contribution is 2.13. The Morgan fingerprint density at radius 2 is 1.67 bits per heavy atom. The Morgan fingerprint density at radius 1 is 1.04 bits per heavy atom. The van der Waals surface area contributed by atoms with Crippen LogP contribution in [0.25, 0.3) is 0 Å². The average molecular weight is 378 g/mol. The lowest BCUT2D eigenvalue weighted by Gasteiger charge is -2.23. The fourth-order valence-electron chi connectivity index (χ4n) is 2.28. The molecule has 1 aromatic carbocycles. The van der Waals surface area contributed by atoms with Crippen molar-refractivity contribution in [3.63, 3.8) is 0 Å². The van der Waals surface area contributed by atoms with Crippen LogP contribution in [0.2, 0.25) is 0 Å². The zero-order chi connectivity index (χ0) is 20.4.